The van der Waals surface area contributed by atoms with Gasteiger partial charge < -0.3 is 10.2 Å². The van der Waals surface area contributed by atoms with Gasteiger partial charge in [-0.3, -0.25) is 9.69 Å². The van der Waals surface area contributed by atoms with Crippen molar-refractivity contribution in [3.05, 3.63) is 58.5 Å². The van der Waals surface area contributed by atoms with Crippen LogP contribution in [0.4, 0.5) is 10.2 Å². The van der Waals surface area contributed by atoms with Gasteiger partial charge in [-0.15, -0.1) is 0 Å². The highest BCUT2D eigenvalue weighted by Crippen LogP contribution is 2.34. The molecule has 5 nitrogen and oxygen atoms in total. The first-order valence-electron chi connectivity index (χ1n) is 11.8. The number of carbonyl (C=O) groups is 1. The Hall–Kier alpha value is -2.47. The summed E-state index contributed by atoms with van der Waals surface area (Å²) in [5, 5.41) is 3.41. The van der Waals surface area contributed by atoms with Crippen molar-refractivity contribution in [1.82, 2.24) is 14.8 Å². The molecule has 1 saturated heterocycles. The number of nitrogens with zero attached hydrogens (tertiary/aromatic N) is 3. The van der Waals surface area contributed by atoms with Crippen molar-refractivity contribution in [2.45, 2.75) is 71.5 Å². The van der Waals surface area contributed by atoms with Gasteiger partial charge in [0.1, 0.15) is 11.6 Å². The maximum atomic E-state index is 15.1. The van der Waals surface area contributed by atoms with Crippen LogP contribution in [0.15, 0.2) is 30.5 Å². The van der Waals surface area contributed by atoms with Gasteiger partial charge in [0.05, 0.1) is 12.6 Å². The second-order valence-electron chi connectivity index (χ2n) is 10.1. The van der Waals surface area contributed by atoms with Crippen molar-refractivity contribution in [1.29, 1.82) is 0 Å². The van der Waals surface area contributed by atoms with Crippen LogP contribution < -0.4 is 5.32 Å². The number of hydrogen-bond donors (Lipinski definition) is 1. The summed E-state index contributed by atoms with van der Waals surface area (Å²) in [7, 11) is 0. The molecule has 2 aliphatic heterocycles. The van der Waals surface area contributed by atoms with Crippen LogP contribution in [0.2, 0.25) is 0 Å². The number of rotatable bonds is 5. The van der Waals surface area contributed by atoms with Crippen LogP contribution in [0.3, 0.4) is 0 Å². The first kappa shape index (κ1) is 22.7. The first-order valence-corrected chi connectivity index (χ1v) is 11.8. The van der Waals surface area contributed by atoms with E-state index in [9.17, 15) is 4.79 Å². The summed E-state index contributed by atoms with van der Waals surface area (Å²) in [4.78, 5) is 21.2. The lowest BCUT2D eigenvalue weighted by Crippen LogP contribution is -2.45. The van der Waals surface area contributed by atoms with Crippen LogP contribution in [0.5, 0.6) is 0 Å². The summed E-state index contributed by atoms with van der Waals surface area (Å²) in [6.07, 6.45) is 3.64. The van der Waals surface area contributed by atoms with E-state index >= 15 is 4.39 Å². The van der Waals surface area contributed by atoms with E-state index in [1.165, 1.54) is 0 Å². The largest absolute Gasteiger partial charge is 0.363 e. The maximum absolute atomic E-state index is 15.1. The number of aromatic nitrogens is 1. The number of likely N-dealkylation sites (tertiary alicyclic amines) is 1. The Morgan fingerprint density at radius 3 is 2.56 bits per heavy atom. The number of nitrogens with one attached hydrogen (secondary N) is 1. The Labute approximate surface area is 191 Å². The van der Waals surface area contributed by atoms with Gasteiger partial charge in [-0.2, -0.15) is 0 Å². The molecular weight excluding hydrogens is 403 g/mol. The zero-order valence-electron chi connectivity index (χ0n) is 19.9. The normalized spacial score (nSPS) is 18.7. The van der Waals surface area contributed by atoms with E-state index in [0.717, 1.165) is 42.6 Å². The highest BCUT2D eigenvalue weighted by Gasteiger charge is 2.30. The molecule has 0 spiro atoms. The number of amides is 1. The van der Waals surface area contributed by atoms with Crippen molar-refractivity contribution in [3.63, 3.8) is 0 Å². The molecule has 32 heavy (non-hydrogen) atoms. The Morgan fingerprint density at radius 1 is 1.22 bits per heavy atom. The molecule has 0 radical (unpaired) electrons. The van der Waals surface area contributed by atoms with E-state index in [-0.39, 0.29) is 29.2 Å². The zero-order valence-corrected chi connectivity index (χ0v) is 19.9. The Bertz CT molecular complexity index is 992. The summed E-state index contributed by atoms with van der Waals surface area (Å²) >= 11 is 0. The summed E-state index contributed by atoms with van der Waals surface area (Å²) < 4.78 is 15.1. The molecule has 1 aromatic heterocycles. The molecule has 1 atom stereocenters. The number of benzene rings is 1. The fourth-order valence-corrected chi connectivity index (χ4v) is 4.96. The summed E-state index contributed by atoms with van der Waals surface area (Å²) in [5.74, 6) is 0.909. The van der Waals surface area contributed by atoms with Crippen molar-refractivity contribution >= 4 is 11.7 Å². The summed E-state index contributed by atoms with van der Waals surface area (Å²) in [6.45, 7) is 13.9. The van der Waals surface area contributed by atoms with E-state index in [1.54, 1.807) is 18.3 Å². The van der Waals surface area contributed by atoms with Gasteiger partial charge in [0, 0.05) is 29.4 Å². The van der Waals surface area contributed by atoms with Crippen molar-refractivity contribution in [2.75, 3.05) is 25.0 Å². The van der Waals surface area contributed by atoms with Crippen LogP contribution in [-0.2, 0) is 6.54 Å². The van der Waals surface area contributed by atoms with Crippen molar-refractivity contribution in [3.8, 4) is 0 Å². The Morgan fingerprint density at radius 2 is 1.94 bits per heavy atom. The molecule has 1 N–H and O–H groups in total. The fourth-order valence-electron chi connectivity index (χ4n) is 4.96. The molecule has 2 aromatic rings. The summed E-state index contributed by atoms with van der Waals surface area (Å²) in [6, 6.07) is 7.31. The predicted octanol–water partition coefficient (Wildman–Crippen LogP) is 5.35. The lowest BCUT2D eigenvalue weighted by atomic mass is 9.86. The van der Waals surface area contributed by atoms with Gasteiger partial charge in [-0.05, 0) is 89.7 Å². The molecule has 2 aliphatic rings. The minimum Gasteiger partial charge on any atom is -0.363 e. The number of pyridine rings is 1. The van der Waals surface area contributed by atoms with Crippen LogP contribution in [0, 0.1) is 5.82 Å². The molecule has 3 heterocycles. The average Bonchev–Trinajstić information content (AvgIpc) is 3.10. The van der Waals surface area contributed by atoms with Crippen LogP contribution >= 0.6 is 0 Å². The van der Waals surface area contributed by atoms with Crippen molar-refractivity contribution in [2.24, 2.45) is 0 Å². The van der Waals surface area contributed by atoms with E-state index in [4.69, 9.17) is 0 Å². The maximum Gasteiger partial charge on any atom is 0.254 e. The van der Waals surface area contributed by atoms with Crippen molar-refractivity contribution < 1.29 is 9.18 Å². The lowest BCUT2D eigenvalue weighted by molar-refractivity contribution is 0.0787. The average molecular weight is 439 g/mol. The number of anilines is 1. The minimum atomic E-state index is -0.121. The fraction of sp³-hybridized carbons (Fsp3) is 0.538. The van der Waals surface area contributed by atoms with Crippen LogP contribution in [0.25, 0.3) is 0 Å². The smallest absolute Gasteiger partial charge is 0.254 e. The molecule has 1 aromatic carbocycles. The second-order valence-corrected chi connectivity index (χ2v) is 10.1. The quantitative estimate of drug-likeness (QED) is 0.684. The second kappa shape index (κ2) is 8.81. The molecule has 0 saturated carbocycles. The van der Waals surface area contributed by atoms with Crippen LogP contribution in [-0.4, -0.2) is 45.9 Å². The molecule has 4 rings (SSSR count). The number of carbonyl (C=O) groups excluding carboxylic acids is 1. The van der Waals surface area contributed by atoms with Gasteiger partial charge in [-0.25, -0.2) is 9.37 Å². The molecule has 172 valence electrons. The summed E-state index contributed by atoms with van der Waals surface area (Å²) in [5.41, 5.74) is 3.51. The first-order chi connectivity index (χ1) is 15.2. The number of fused-ring (bicyclic) bond motifs is 1. The predicted molar refractivity (Wildman–Crippen MR) is 126 cm³/mol. The third-order valence-electron chi connectivity index (χ3n) is 7.07. The van der Waals surface area contributed by atoms with Gasteiger partial charge in [0.25, 0.3) is 5.91 Å². The zero-order chi connectivity index (χ0) is 23.0. The molecule has 1 amide bonds. The molecule has 0 aliphatic carbocycles. The number of piperidine rings is 1. The molecule has 0 bridgehead atoms. The third kappa shape index (κ3) is 4.38. The topological polar surface area (TPSA) is 48.5 Å². The molecule has 1 fully saturated rings. The molecule has 6 heteroatoms. The number of hydrogen-bond acceptors (Lipinski definition) is 4. The highest BCUT2D eigenvalue weighted by atomic mass is 19.1. The Balaban J connectivity index is 1.46. The third-order valence-corrected chi connectivity index (χ3v) is 7.07. The SMILES string of the molecule is CCN1Cc2c(ccnc2NC(C)c2ccc(C3CCN(C(C)(C)C)CC3)c(F)c2)C1=O. The standard InChI is InChI=1S/C26H35FN4O/c1-6-30-16-22-21(25(30)32)9-12-28-24(22)29-17(2)19-7-8-20(23(27)15-19)18-10-13-31(14-11-18)26(3,4)5/h7-9,12,15,17-18H,6,10-11,13-14,16H2,1-5H3,(H,28,29). The van der Waals surface area contributed by atoms with Gasteiger partial charge in [-0.1, -0.05) is 12.1 Å². The minimum absolute atomic E-state index is 0.0495. The van der Waals surface area contributed by atoms with Gasteiger partial charge in [0.2, 0.25) is 0 Å². The molecule has 1 unspecified atom stereocenters. The van der Waals surface area contributed by atoms with E-state index < -0.39 is 0 Å². The monoisotopic (exact) mass is 438 g/mol. The van der Waals surface area contributed by atoms with E-state index in [2.05, 4.69) is 36.0 Å². The number of halogens is 1. The van der Waals surface area contributed by atoms with Gasteiger partial charge >= 0.3 is 0 Å². The van der Waals surface area contributed by atoms with E-state index in [0.29, 0.717) is 24.5 Å². The Kier molecular flexibility index (Phi) is 6.26. The lowest BCUT2D eigenvalue weighted by Gasteiger charge is -2.41. The highest BCUT2D eigenvalue weighted by molar-refractivity contribution is 5.99. The molecular formula is C26H35FN4O. The van der Waals surface area contributed by atoms with Gasteiger partial charge in [0.15, 0.2) is 0 Å². The van der Waals surface area contributed by atoms with E-state index in [1.807, 2.05) is 30.9 Å². The van der Waals surface area contributed by atoms with Crippen LogP contribution in [0.1, 0.15) is 86.5 Å².